The molecule has 0 aliphatic carbocycles. The average molecular weight is 320 g/mol. The summed E-state index contributed by atoms with van der Waals surface area (Å²) in [6, 6.07) is 4.06. The van der Waals surface area contributed by atoms with E-state index in [1.165, 1.54) is 0 Å². The summed E-state index contributed by atoms with van der Waals surface area (Å²) in [5, 5.41) is 1.06. The lowest BCUT2D eigenvalue weighted by Gasteiger charge is -2.09. The van der Waals surface area contributed by atoms with E-state index < -0.39 is 0 Å². The topological polar surface area (TPSA) is 43.9 Å². The van der Waals surface area contributed by atoms with Crippen LogP contribution in [0.25, 0.3) is 22.6 Å². The molecule has 0 aliphatic rings. The van der Waals surface area contributed by atoms with Crippen LogP contribution in [0.5, 0.6) is 0 Å². The van der Waals surface area contributed by atoms with Gasteiger partial charge in [-0.1, -0.05) is 0 Å². The zero-order valence-corrected chi connectivity index (χ0v) is 12.6. The Morgan fingerprint density at radius 3 is 2.74 bits per heavy atom. The molecule has 0 aromatic carbocycles. The Bertz CT molecular complexity index is 729. The Balaban J connectivity index is 2.32. The van der Waals surface area contributed by atoms with Crippen molar-refractivity contribution in [2.75, 3.05) is 0 Å². The fraction of sp³-hybridized carbons (Fsp3) is 0.286. The number of nitrogens with zero attached hydrogens (tertiary/aromatic N) is 3. The van der Waals surface area contributed by atoms with Gasteiger partial charge in [-0.2, -0.15) is 0 Å². The molecule has 0 aliphatic heterocycles. The molecular formula is C14H14BrN3O. The number of aryl methyl sites for hydroxylation is 1. The van der Waals surface area contributed by atoms with Crippen LogP contribution < -0.4 is 0 Å². The molecule has 5 heteroatoms. The van der Waals surface area contributed by atoms with Gasteiger partial charge in [0.15, 0.2) is 11.6 Å². The fourth-order valence-corrected chi connectivity index (χ4v) is 2.87. The summed E-state index contributed by atoms with van der Waals surface area (Å²) in [7, 11) is 0. The van der Waals surface area contributed by atoms with Gasteiger partial charge >= 0.3 is 0 Å². The summed E-state index contributed by atoms with van der Waals surface area (Å²) >= 11 is 3.59. The number of aromatic nitrogens is 3. The maximum Gasteiger partial charge on any atom is 0.197 e. The van der Waals surface area contributed by atoms with Crippen LogP contribution in [0.1, 0.15) is 25.6 Å². The molecule has 0 unspecified atom stereocenters. The van der Waals surface area contributed by atoms with Gasteiger partial charge in [0, 0.05) is 16.7 Å². The molecule has 0 N–H and O–H groups in total. The van der Waals surface area contributed by atoms with Gasteiger partial charge in [0.1, 0.15) is 5.65 Å². The lowest BCUT2D eigenvalue weighted by molar-refractivity contribution is 0.576. The second kappa shape index (κ2) is 4.49. The Morgan fingerprint density at radius 1 is 1.32 bits per heavy atom. The van der Waals surface area contributed by atoms with Crippen molar-refractivity contribution in [3.05, 3.63) is 34.8 Å². The lowest BCUT2D eigenvalue weighted by Crippen LogP contribution is -2.02. The van der Waals surface area contributed by atoms with Crippen LogP contribution in [0.3, 0.4) is 0 Å². The first-order valence-electron chi connectivity index (χ1n) is 6.16. The van der Waals surface area contributed by atoms with Gasteiger partial charge in [-0.15, -0.1) is 0 Å². The predicted molar refractivity (Wildman–Crippen MR) is 78.1 cm³/mol. The highest BCUT2D eigenvalue weighted by Crippen LogP contribution is 2.31. The molecule has 0 saturated heterocycles. The minimum atomic E-state index is 0.340. The minimum absolute atomic E-state index is 0.340. The Morgan fingerprint density at radius 2 is 2.11 bits per heavy atom. The number of furan rings is 1. The fourth-order valence-electron chi connectivity index (χ4n) is 2.18. The first-order chi connectivity index (χ1) is 9.08. The number of rotatable bonds is 2. The van der Waals surface area contributed by atoms with E-state index in [0.717, 1.165) is 21.2 Å². The third-order valence-corrected chi connectivity index (χ3v) is 3.71. The Labute approximate surface area is 119 Å². The SMILES string of the molecule is Cc1nc(-c2ccco2)nc2c1c(Br)cn2C(C)C. The molecule has 19 heavy (non-hydrogen) atoms. The van der Waals surface area contributed by atoms with Crippen LogP contribution in [0, 0.1) is 6.92 Å². The van der Waals surface area contributed by atoms with E-state index in [4.69, 9.17) is 4.42 Å². The third kappa shape index (κ3) is 1.98. The lowest BCUT2D eigenvalue weighted by atomic mass is 10.3. The Hall–Kier alpha value is -1.62. The van der Waals surface area contributed by atoms with Crippen LogP contribution in [-0.4, -0.2) is 14.5 Å². The molecule has 3 heterocycles. The molecule has 0 spiro atoms. The minimum Gasteiger partial charge on any atom is -0.461 e. The van der Waals surface area contributed by atoms with Crippen LogP contribution in [-0.2, 0) is 0 Å². The van der Waals surface area contributed by atoms with Crippen molar-refractivity contribution < 1.29 is 4.42 Å². The summed E-state index contributed by atoms with van der Waals surface area (Å²) in [4.78, 5) is 9.18. The molecule has 0 amide bonds. The highest BCUT2D eigenvalue weighted by Gasteiger charge is 2.16. The van der Waals surface area contributed by atoms with Crippen molar-refractivity contribution in [3.8, 4) is 11.6 Å². The molecule has 0 radical (unpaired) electrons. The molecule has 0 saturated carbocycles. The normalized spacial score (nSPS) is 11.6. The van der Waals surface area contributed by atoms with Crippen molar-refractivity contribution in [1.29, 1.82) is 0 Å². The van der Waals surface area contributed by atoms with Crippen molar-refractivity contribution >= 4 is 27.0 Å². The van der Waals surface area contributed by atoms with Gasteiger partial charge in [0.25, 0.3) is 0 Å². The molecular weight excluding hydrogens is 306 g/mol. The van der Waals surface area contributed by atoms with Gasteiger partial charge in [-0.25, -0.2) is 9.97 Å². The average Bonchev–Trinajstić information content (AvgIpc) is 2.96. The van der Waals surface area contributed by atoms with Crippen LogP contribution in [0.15, 0.2) is 33.5 Å². The van der Waals surface area contributed by atoms with Crippen molar-refractivity contribution in [2.24, 2.45) is 0 Å². The summed E-state index contributed by atoms with van der Waals surface area (Å²) in [6.07, 6.45) is 3.69. The highest BCUT2D eigenvalue weighted by atomic mass is 79.9. The van der Waals surface area contributed by atoms with Crippen LogP contribution in [0.4, 0.5) is 0 Å². The first kappa shape index (κ1) is 12.4. The van der Waals surface area contributed by atoms with Crippen LogP contribution >= 0.6 is 15.9 Å². The van der Waals surface area contributed by atoms with Gasteiger partial charge < -0.3 is 8.98 Å². The second-order valence-electron chi connectivity index (χ2n) is 4.79. The van der Waals surface area contributed by atoms with Gasteiger partial charge in [-0.3, -0.25) is 0 Å². The van der Waals surface area contributed by atoms with E-state index in [0.29, 0.717) is 17.6 Å². The van der Waals surface area contributed by atoms with Crippen molar-refractivity contribution in [2.45, 2.75) is 26.8 Å². The summed E-state index contributed by atoms with van der Waals surface area (Å²) in [5.74, 6) is 1.32. The predicted octanol–water partition coefficient (Wildman–Crippen LogP) is 4.34. The number of halogens is 1. The molecule has 3 aromatic rings. The molecule has 3 aromatic heterocycles. The van der Waals surface area contributed by atoms with E-state index in [9.17, 15) is 0 Å². The van der Waals surface area contributed by atoms with E-state index in [2.05, 4.69) is 50.5 Å². The van der Waals surface area contributed by atoms with Gasteiger partial charge in [-0.05, 0) is 48.8 Å². The third-order valence-electron chi connectivity index (χ3n) is 3.10. The standard InChI is InChI=1S/C14H14BrN3O/c1-8(2)18-7-10(15)12-9(3)16-13(17-14(12)18)11-5-4-6-19-11/h4-8H,1-3H3. The Kier molecular flexibility index (Phi) is 2.93. The molecule has 3 rings (SSSR count). The van der Waals surface area contributed by atoms with E-state index in [-0.39, 0.29) is 0 Å². The summed E-state index contributed by atoms with van der Waals surface area (Å²) in [5.41, 5.74) is 1.88. The number of hydrogen-bond donors (Lipinski definition) is 0. The molecule has 98 valence electrons. The maximum atomic E-state index is 5.38. The second-order valence-corrected chi connectivity index (χ2v) is 5.64. The number of hydrogen-bond acceptors (Lipinski definition) is 3. The van der Waals surface area contributed by atoms with E-state index >= 15 is 0 Å². The van der Waals surface area contributed by atoms with Gasteiger partial charge in [0.05, 0.1) is 17.3 Å². The molecule has 0 bridgehead atoms. The highest BCUT2D eigenvalue weighted by molar-refractivity contribution is 9.10. The maximum absolute atomic E-state index is 5.38. The van der Waals surface area contributed by atoms with Crippen molar-refractivity contribution in [1.82, 2.24) is 14.5 Å². The van der Waals surface area contributed by atoms with Crippen molar-refractivity contribution in [3.63, 3.8) is 0 Å². The molecule has 4 nitrogen and oxygen atoms in total. The van der Waals surface area contributed by atoms with E-state index in [1.807, 2.05) is 19.1 Å². The quantitative estimate of drug-likeness (QED) is 0.705. The van der Waals surface area contributed by atoms with E-state index in [1.54, 1.807) is 6.26 Å². The zero-order valence-electron chi connectivity index (χ0n) is 11.0. The van der Waals surface area contributed by atoms with Crippen LogP contribution in [0.2, 0.25) is 0 Å². The largest absolute Gasteiger partial charge is 0.461 e. The smallest absolute Gasteiger partial charge is 0.197 e. The molecule has 0 fully saturated rings. The monoisotopic (exact) mass is 319 g/mol. The first-order valence-corrected chi connectivity index (χ1v) is 6.95. The molecule has 0 atom stereocenters. The van der Waals surface area contributed by atoms with Gasteiger partial charge in [0.2, 0.25) is 0 Å². The zero-order chi connectivity index (χ0) is 13.6. The number of fused-ring (bicyclic) bond motifs is 1. The summed E-state index contributed by atoms with van der Waals surface area (Å²) in [6.45, 7) is 6.26. The summed E-state index contributed by atoms with van der Waals surface area (Å²) < 4.78 is 8.55.